The summed E-state index contributed by atoms with van der Waals surface area (Å²) in [7, 11) is 5.33. The van der Waals surface area contributed by atoms with E-state index in [1.54, 1.807) is 35.7 Å². The molecule has 0 aliphatic carbocycles. The van der Waals surface area contributed by atoms with Crippen LogP contribution in [-0.2, 0) is 13.2 Å². The summed E-state index contributed by atoms with van der Waals surface area (Å²) in [5, 5.41) is 11.4. The Kier molecular flexibility index (Phi) is 7.00. The van der Waals surface area contributed by atoms with Crippen molar-refractivity contribution in [1.29, 1.82) is 0 Å². The first-order valence-corrected chi connectivity index (χ1v) is 12.5. The van der Waals surface area contributed by atoms with Crippen molar-refractivity contribution in [3.8, 4) is 5.82 Å². The molecule has 0 unspecified atom stereocenters. The van der Waals surface area contributed by atoms with Crippen LogP contribution in [0.1, 0.15) is 23.1 Å². The number of aromatic nitrogens is 5. The highest BCUT2D eigenvalue weighted by Gasteiger charge is 2.44. The number of nitrogens with zero attached hydrogens (tertiary/aromatic N) is 8. The molecule has 2 amide bonds. The number of pyridine rings is 2. The van der Waals surface area contributed by atoms with Gasteiger partial charge >= 0.3 is 12.2 Å². The van der Waals surface area contributed by atoms with Crippen molar-refractivity contribution in [2.45, 2.75) is 25.2 Å². The van der Waals surface area contributed by atoms with Crippen LogP contribution in [0.2, 0.25) is 0 Å². The number of likely N-dealkylation sites (N-methyl/N-ethyl adjacent to an activating group) is 1. The molecule has 212 valence electrons. The number of anilines is 1. The molecule has 0 spiro atoms. The zero-order valence-electron chi connectivity index (χ0n) is 22.3. The van der Waals surface area contributed by atoms with E-state index < -0.39 is 35.9 Å². The van der Waals surface area contributed by atoms with Gasteiger partial charge in [-0.3, -0.25) is 9.47 Å². The van der Waals surface area contributed by atoms with Gasteiger partial charge in [0.1, 0.15) is 29.1 Å². The Bertz CT molecular complexity index is 1560. The molecule has 0 bridgehead atoms. The van der Waals surface area contributed by atoms with Crippen LogP contribution in [0.15, 0.2) is 42.7 Å². The van der Waals surface area contributed by atoms with Gasteiger partial charge in [0.05, 0.1) is 24.4 Å². The predicted molar refractivity (Wildman–Crippen MR) is 139 cm³/mol. The minimum absolute atomic E-state index is 0.0489. The summed E-state index contributed by atoms with van der Waals surface area (Å²) >= 11 is 0. The Morgan fingerprint density at radius 1 is 1.12 bits per heavy atom. The van der Waals surface area contributed by atoms with Gasteiger partial charge in [-0.1, -0.05) is 0 Å². The zero-order chi connectivity index (χ0) is 28.9. The third kappa shape index (κ3) is 5.23. The standard InChI is InChI=1S/C26H28F4N8O2/c1-15-9-17(26(28,29)30)10-22(31-15)38-19(13-36(25(38)40)12-18(39)11-34(2)3)24-32-20(27)14-37(24)21-6-5-16-7-8-35(4)23(16)33-21/h5-10,14,18-19,39H,11-13H2,1-4H3/t18-,19-/m0/s1. The van der Waals surface area contributed by atoms with Gasteiger partial charge in [-0.2, -0.15) is 17.6 Å². The second-order valence-corrected chi connectivity index (χ2v) is 10.1. The van der Waals surface area contributed by atoms with Crippen molar-refractivity contribution in [3.05, 3.63) is 65.8 Å². The minimum Gasteiger partial charge on any atom is -0.390 e. The van der Waals surface area contributed by atoms with E-state index in [-0.39, 0.29) is 37.0 Å². The number of hydrogen-bond acceptors (Lipinski definition) is 6. The summed E-state index contributed by atoms with van der Waals surface area (Å²) in [6.07, 6.45) is -2.67. The van der Waals surface area contributed by atoms with Gasteiger partial charge in [0.25, 0.3) is 0 Å². The smallest absolute Gasteiger partial charge is 0.390 e. The van der Waals surface area contributed by atoms with Gasteiger partial charge in [0, 0.05) is 37.4 Å². The lowest BCUT2D eigenvalue weighted by atomic mass is 10.2. The van der Waals surface area contributed by atoms with Crippen molar-refractivity contribution < 1.29 is 27.5 Å². The number of aryl methyl sites for hydroxylation is 2. The molecule has 14 heteroatoms. The summed E-state index contributed by atoms with van der Waals surface area (Å²) < 4.78 is 59.0. The third-order valence-electron chi connectivity index (χ3n) is 6.65. The molecule has 4 aromatic rings. The number of aliphatic hydroxyl groups excluding tert-OH is 1. The zero-order valence-corrected chi connectivity index (χ0v) is 22.3. The molecular formula is C26H28F4N8O2. The molecule has 1 N–H and O–H groups in total. The number of alkyl halides is 3. The van der Waals surface area contributed by atoms with Crippen molar-refractivity contribution in [2.24, 2.45) is 7.05 Å². The van der Waals surface area contributed by atoms with E-state index in [0.29, 0.717) is 11.5 Å². The summed E-state index contributed by atoms with van der Waals surface area (Å²) in [4.78, 5) is 30.7. The van der Waals surface area contributed by atoms with E-state index in [0.717, 1.165) is 28.6 Å². The molecule has 1 aliphatic rings. The predicted octanol–water partition coefficient (Wildman–Crippen LogP) is 3.53. The van der Waals surface area contributed by atoms with Gasteiger partial charge in [-0.05, 0) is 51.4 Å². The summed E-state index contributed by atoms with van der Waals surface area (Å²) in [6, 6.07) is 5.29. The number of hydrogen-bond donors (Lipinski definition) is 1. The molecule has 1 fully saturated rings. The molecule has 10 nitrogen and oxygen atoms in total. The van der Waals surface area contributed by atoms with Gasteiger partial charge < -0.3 is 19.5 Å². The molecule has 0 saturated carbocycles. The van der Waals surface area contributed by atoms with Gasteiger partial charge in [0.15, 0.2) is 0 Å². The number of carbonyl (C=O) groups is 1. The van der Waals surface area contributed by atoms with E-state index in [1.165, 1.54) is 16.4 Å². The van der Waals surface area contributed by atoms with Crippen LogP contribution in [0, 0.1) is 12.9 Å². The van der Waals surface area contributed by atoms with Crippen LogP contribution >= 0.6 is 0 Å². The van der Waals surface area contributed by atoms with E-state index >= 15 is 0 Å². The fraction of sp³-hybridized carbons (Fsp3) is 0.385. The fourth-order valence-corrected chi connectivity index (χ4v) is 4.98. The molecular weight excluding hydrogens is 532 g/mol. The number of β-amino-alcohol motifs (C(OH)–C–C–N with tert-alkyl or cyclic N) is 1. The molecule has 40 heavy (non-hydrogen) atoms. The van der Waals surface area contributed by atoms with Gasteiger partial charge in [-0.25, -0.2) is 19.7 Å². The average Bonchev–Trinajstić information content (AvgIpc) is 3.52. The maximum absolute atomic E-state index is 14.7. The first kappa shape index (κ1) is 27.5. The molecule has 1 aliphatic heterocycles. The van der Waals surface area contributed by atoms with E-state index in [9.17, 15) is 27.5 Å². The number of aliphatic hydroxyl groups is 1. The quantitative estimate of drug-likeness (QED) is 0.348. The normalized spacial score (nSPS) is 17.1. The SMILES string of the molecule is Cc1cc(C(F)(F)F)cc(N2C(=O)N(C[C@@H](O)CN(C)C)C[C@H]2c2nc(F)cn2-c2ccc3ccn(C)c3n2)n1. The average molecular weight is 561 g/mol. The van der Waals surface area contributed by atoms with Crippen molar-refractivity contribution >= 4 is 22.9 Å². The van der Waals surface area contributed by atoms with E-state index in [2.05, 4.69) is 15.0 Å². The van der Waals surface area contributed by atoms with E-state index in [4.69, 9.17) is 0 Å². The molecule has 5 heterocycles. The van der Waals surface area contributed by atoms with Crippen LogP contribution < -0.4 is 4.90 Å². The monoisotopic (exact) mass is 560 g/mol. The number of imidazole rings is 1. The number of urea groups is 1. The van der Waals surface area contributed by atoms with Crippen LogP contribution in [-0.4, -0.2) is 84.9 Å². The number of rotatable bonds is 7. The number of carbonyl (C=O) groups excluding carboxylic acids is 1. The van der Waals surface area contributed by atoms with E-state index in [1.807, 2.05) is 19.3 Å². The van der Waals surface area contributed by atoms with Crippen LogP contribution in [0.25, 0.3) is 16.9 Å². The van der Waals surface area contributed by atoms with Gasteiger partial charge in [0.2, 0.25) is 5.95 Å². The first-order chi connectivity index (χ1) is 18.8. The summed E-state index contributed by atoms with van der Waals surface area (Å²) in [5.41, 5.74) is -0.300. The number of amides is 2. The molecule has 1 saturated heterocycles. The first-order valence-electron chi connectivity index (χ1n) is 12.5. The Labute approximate surface area is 227 Å². The van der Waals surface area contributed by atoms with Crippen molar-refractivity contribution in [1.82, 2.24) is 33.9 Å². The molecule has 0 aromatic carbocycles. The third-order valence-corrected chi connectivity index (χ3v) is 6.65. The maximum atomic E-state index is 14.7. The Morgan fingerprint density at radius 3 is 2.58 bits per heavy atom. The number of fused-ring (bicyclic) bond motifs is 1. The van der Waals surface area contributed by atoms with Crippen LogP contribution in [0.4, 0.5) is 28.2 Å². The van der Waals surface area contributed by atoms with Crippen molar-refractivity contribution in [3.63, 3.8) is 0 Å². The molecule has 0 radical (unpaired) electrons. The summed E-state index contributed by atoms with van der Waals surface area (Å²) in [5.74, 6) is -0.746. The fourth-order valence-electron chi connectivity index (χ4n) is 4.98. The molecule has 4 aromatic heterocycles. The molecule has 2 atom stereocenters. The second-order valence-electron chi connectivity index (χ2n) is 10.1. The van der Waals surface area contributed by atoms with Crippen LogP contribution in [0.3, 0.4) is 0 Å². The Hall–Kier alpha value is -4.04. The van der Waals surface area contributed by atoms with Gasteiger partial charge in [-0.15, -0.1) is 0 Å². The second kappa shape index (κ2) is 10.2. The van der Waals surface area contributed by atoms with Crippen LogP contribution in [0.5, 0.6) is 0 Å². The van der Waals surface area contributed by atoms with Crippen molar-refractivity contribution in [2.75, 3.05) is 38.6 Å². The summed E-state index contributed by atoms with van der Waals surface area (Å²) in [6.45, 7) is 1.47. The Balaban J connectivity index is 1.62. The highest BCUT2D eigenvalue weighted by molar-refractivity contribution is 5.94. The number of halogens is 4. The lowest BCUT2D eigenvalue weighted by Crippen LogP contribution is -2.40. The minimum atomic E-state index is -4.68. The largest absolute Gasteiger partial charge is 0.416 e. The lowest BCUT2D eigenvalue weighted by molar-refractivity contribution is -0.137. The maximum Gasteiger partial charge on any atom is 0.416 e. The highest BCUT2D eigenvalue weighted by Crippen LogP contribution is 2.38. The molecule has 5 rings (SSSR count). The Morgan fingerprint density at radius 2 is 1.88 bits per heavy atom. The lowest BCUT2D eigenvalue weighted by Gasteiger charge is -2.24. The highest BCUT2D eigenvalue weighted by atomic mass is 19.4. The topological polar surface area (TPSA) is 95.6 Å².